The average molecular weight is 449 g/mol. The van der Waals surface area contributed by atoms with Crippen molar-refractivity contribution in [1.29, 1.82) is 5.26 Å². The minimum atomic E-state index is -0.892. The topological polar surface area (TPSA) is 104 Å². The first-order valence-electron chi connectivity index (χ1n) is 8.98. The smallest absolute Gasteiger partial charge is 0.259 e. The molecule has 0 bridgehead atoms. The number of terminal acetylenes is 1. The van der Waals surface area contributed by atoms with Crippen LogP contribution in [-0.2, 0) is 0 Å². The summed E-state index contributed by atoms with van der Waals surface area (Å²) in [5.41, 5.74) is 0.00475. The zero-order valence-corrected chi connectivity index (χ0v) is 17.3. The molecule has 9 heteroatoms. The molecule has 0 unspecified atom stereocenters. The van der Waals surface area contributed by atoms with Crippen LogP contribution >= 0.6 is 11.6 Å². The predicted octanol–water partition coefficient (Wildman–Crippen LogP) is 4.24. The third kappa shape index (κ3) is 4.84. The average Bonchev–Trinajstić information content (AvgIpc) is 2.80. The van der Waals surface area contributed by atoms with Gasteiger partial charge in [0, 0.05) is 11.8 Å². The SMILES string of the molecule is C#Cc1cc(OC)c(NC(=O)c2ccc(C#N)cc2F)c(C(=O)Nc2ccc(Cl)cn2)c1. The third-order valence-corrected chi connectivity index (χ3v) is 4.51. The molecule has 0 atom stereocenters. The molecule has 0 fully saturated rings. The van der Waals surface area contributed by atoms with Crippen molar-refractivity contribution in [2.75, 3.05) is 17.7 Å². The number of methoxy groups -OCH3 is 1. The lowest BCUT2D eigenvalue weighted by atomic mass is 10.1. The van der Waals surface area contributed by atoms with E-state index < -0.39 is 17.6 Å². The molecule has 158 valence electrons. The fraction of sp³-hybridized carbons (Fsp3) is 0.0435. The van der Waals surface area contributed by atoms with Gasteiger partial charge in [-0.1, -0.05) is 17.5 Å². The van der Waals surface area contributed by atoms with E-state index in [9.17, 15) is 14.0 Å². The van der Waals surface area contributed by atoms with E-state index in [1.54, 1.807) is 12.1 Å². The van der Waals surface area contributed by atoms with E-state index in [1.807, 2.05) is 0 Å². The second kappa shape index (κ2) is 9.61. The van der Waals surface area contributed by atoms with Gasteiger partial charge in [-0.15, -0.1) is 6.42 Å². The molecule has 2 aromatic carbocycles. The Balaban J connectivity index is 2.01. The van der Waals surface area contributed by atoms with Crippen LogP contribution in [0.5, 0.6) is 5.75 Å². The van der Waals surface area contributed by atoms with Crippen molar-refractivity contribution in [1.82, 2.24) is 4.98 Å². The van der Waals surface area contributed by atoms with Gasteiger partial charge in [-0.3, -0.25) is 9.59 Å². The number of nitrogens with zero attached hydrogens (tertiary/aromatic N) is 2. The summed E-state index contributed by atoms with van der Waals surface area (Å²) in [6.07, 6.45) is 6.83. The lowest BCUT2D eigenvalue weighted by molar-refractivity contribution is 0.102. The first-order chi connectivity index (χ1) is 15.4. The van der Waals surface area contributed by atoms with Crippen LogP contribution in [-0.4, -0.2) is 23.9 Å². The Morgan fingerprint density at radius 2 is 1.84 bits per heavy atom. The summed E-state index contributed by atoms with van der Waals surface area (Å²) in [6, 6.07) is 11.1. The molecule has 1 heterocycles. The lowest BCUT2D eigenvalue weighted by Gasteiger charge is -2.16. The summed E-state index contributed by atoms with van der Waals surface area (Å²) in [4.78, 5) is 29.7. The number of pyridine rings is 1. The molecule has 3 aromatic rings. The summed E-state index contributed by atoms with van der Waals surface area (Å²) in [5, 5.41) is 14.3. The van der Waals surface area contributed by atoms with E-state index in [1.165, 1.54) is 43.6 Å². The molecule has 0 saturated carbocycles. The number of carbonyl (C=O) groups is 2. The lowest BCUT2D eigenvalue weighted by Crippen LogP contribution is -2.20. The summed E-state index contributed by atoms with van der Waals surface area (Å²) >= 11 is 5.81. The number of nitriles is 1. The number of rotatable bonds is 5. The quantitative estimate of drug-likeness (QED) is 0.568. The van der Waals surface area contributed by atoms with Gasteiger partial charge in [-0.05, 0) is 42.5 Å². The van der Waals surface area contributed by atoms with Crippen molar-refractivity contribution in [3.8, 4) is 24.2 Å². The highest BCUT2D eigenvalue weighted by atomic mass is 35.5. The van der Waals surface area contributed by atoms with Gasteiger partial charge < -0.3 is 15.4 Å². The van der Waals surface area contributed by atoms with Gasteiger partial charge in [0.05, 0.1) is 40.6 Å². The second-order valence-corrected chi connectivity index (χ2v) is 6.76. The molecule has 7 nitrogen and oxygen atoms in total. The van der Waals surface area contributed by atoms with Crippen molar-refractivity contribution in [2.24, 2.45) is 0 Å². The van der Waals surface area contributed by atoms with Crippen molar-refractivity contribution in [2.45, 2.75) is 0 Å². The largest absolute Gasteiger partial charge is 0.495 e. The van der Waals surface area contributed by atoms with E-state index in [0.29, 0.717) is 10.6 Å². The van der Waals surface area contributed by atoms with E-state index >= 15 is 0 Å². The number of aromatic nitrogens is 1. The number of benzene rings is 2. The molecule has 2 N–H and O–H groups in total. The highest BCUT2D eigenvalue weighted by Gasteiger charge is 2.22. The number of amides is 2. The van der Waals surface area contributed by atoms with Crippen LogP contribution in [0.1, 0.15) is 31.8 Å². The maximum Gasteiger partial charge on any atom is 0.259 e. The van der Waals surface area contributed by atoms with Crippen LogP contribution in [0.3, 0.4) is 0 Å². The van der Waals surface area contributed by atoms with Gasteiger partial charge in [0.15, 0.2) is 0 Å². The van der Waals surface area contributed by atoms with E-state index in [0.717, 1.165) is 6.07 Å². The third-order valence-electron chi connectivity index (χ3n) is 4.28. The highest BCUT2D eigenvalue weighted by Crippen LogP contribution is 2.32. The van der Waals surface area contributed by atoms with Crippen molar-refractivity contribution in [3.05, 3.63) is 81.8 Å². The molecule has 0 radical (unpaired) electrons. The second-order valence-electron chi connectivity index (χ2n) is 6.32. The molecule has 0 saturated heterocycles. The fourth-order valence-corrected chi connectivity index (χ4v) is 2.86. The Kier molecular flexibility index (Phi) is 6.69. The number of carbonyl (C=O) groups excluding carboxylic acids is 2. The van der Waals surface area contributed by atoms with Gasteiger partial charge in [0.25, 0.3) is 11.8 Å². The molecular weight excluding hydrogens is 435 g/mol. The van der Waals surface area contributed by atoms with E-state index in [2.05, 4.69) is 21.5 Å². The number of nitrogens with one attached hydrogen (secondary N) is 2. The highest BCUT2D eigenvalue weighted by molar-refractivity contribution is 6.30. The Bertz CT molecular complexity index is 1290. The molecule has 3 rings (SSSR count). The molecule has 2 amide bonds. The van der Waals surface area contributed by atoms with Crippen LogP contribution in [0.15, 0.2) is 48.7 Å². The van der Waals surface area contributed by atoms with Gasteiger partial charge in [0.1, 0.15) is 17.4 Å². The Labute approximate surface area is 187 Å². The molecule has 1 aromatic heterocycles. The summed E-state index contributed by atoms with van der Waals surface area (Å²) < 4.78 is 19.6. The predicted molar refractivity (Wildman–Crippen MR) is 117 cm³/mol. The van der Waals surface area contributed by atoms with Crippen LogP contribution in [0.25, 0.3) is 0 Å². The molecule has 0 spiro atoms. The number of hydrogen-bond acceptors (Lipinski definition) is 5. The monoisotopic (exact) mass is 448 g/mol. The summed E-state index contributed by atoms with van der Waals surface area (Å²) in [7, 11) is 1.33. The maximum atomic E-state index is 14.3. The van der Waals surface area contributed by atoms with Gasteiger partial charge >= 0.3 is 0 Å². The van der Waals surface area contributed by atoms with Crippen LogP contribution in [0.2, 0.25) is 5.02 Å². The van der Waals surface area contributed by atoms with Crippen molar-refractivity contribution in [3.63, 3.8) is 0 Å². The van der Waals surface area contributed by atoms with Crippen LogP contribution in [0, 0.1) is 29.5 Å². The fourth-order valence-electron chi connectivity index (χ4n) is 2.75. The zero-order valence-electron chi connectivity index (χ0n) is 16.6. The van der Waals surface area contributed by atoms with E-state index in [4.69, 9.17) is 28.0 Å². The standard InChI is InChI=1S/C23H14ClFN4O3/c1-3-13-8-17(23(31)28-20-7-5-15(24)12-27-20)21(19(10-13)32-2)29-22(30)16-6-4-14(11-26)9-18(16)25/h1,4-10,12H,2H3,(H,29,30)(H,27,28,31). The van der Waals surface area contributed by atoms with Crippen LogP contribution < -0.4 is 15.4 Å². The van der Waals surface area contributed by atoms with Gasteiger partial charge in [-0.2, -0.15) is 5.26 Å². The molecular formula is C23H14ClFN4O3. The maximum absolute atomic E-state index is 14.3. The molecule has 0 aliphatic rings. The van der Waals surface area contributed by atoms with Crippen LogP contribution in [0.4, 0.5) is 15.9 Å². The molecule has 0 aliphatic heterocycles. The zero-order chi connectivity index (χ0) is 23.3. The van der Waals surface area contributed by atoms with Gasteiger partial charge in [-0.25, -0.2) is 9.37 Å². The minimum Gasteiger partial charge on any atom is -0.495 e. The number of ether oxygens (including phenoxy) is 1. The van der Waals surface area contributed by atoms with Crippen molar-refractivity contribution >= 4 is 34.9 Å². The summed E-state index contributed by atoms with van der Waals surface area (Å²) in [6.45, 7) is 0. The molecule has 32 heavy (non-hydrogen) atoms. The van der Waals surface area contributed by atoms with E-state index in [-0.39, 0.29) is 33.9 Å². The molecule has 0 aliphatic carbocycles. The number of anilines is 2. The Morgan fingerprint density at radius 1 is 1.09 bits per heavy atom. The first kappa shape index (κ1) is 22.3. The Morgan fingerprint density at radius 3 is 2.44 bits per heavy atom. The summed E-state index contributed by atoms with van der Waals surface area (Å²) in [5.74, 6) is 0.320. The minimum absolute atomic E-state index is 0.0216. The van der Waals surface area contributed by atoms with Crippen molar-refractivity contribution < 1.29 is 18.7 Å². The van der Waals surface area contributed by atoms with Gasteiger partial charge in [0.2, 0.25) is 0 Å². The Hall–Kier alpha value is -4.40. The number of hydrogen-bond donors (Lipinski definition) is 2. The first-order valence-corrected chi connectivity index (χ1v) is 9.36. The number of halogens is 2. The normalized spacial score (nSPS) is 9.91.